The van der Waals surface area contributed by atoms with Crippen LogP contribution in [0.25, 0.3) is 22.1 Å². The quantitative estimate of drug-likeness (QED) is 0.598. The van der Waals surface area contributed by atoms with Gasteiger partial charge in [0.15, 0.2) is 0 Å². The van der Waals surface area contributed by atoms with Gasteiger partial charge in [-0.05, 0) is 42.5 Å². The third-order valence-electron chi connectivity index (χ3n) is 5.37. The second-order valence-electron chi connectivity index (χ2n) is 7.16. The number of aryl methyl sites for hydroxylation is 1. The average Bonchev–Trinajstić information content (AvgIpc) is 3.10. The Kier molecular flexibility index (Phi) is 3.97. The van der Waals surface area contributed by atoms with Gasteiger partial charge in [-0.3, -0.25) is 14.2 Å². The molecule has 2 aromatic heterocycles. The standard InChI is InChI=1S/C22H19N3O3/c26-19(24-17-10-5-7-14-6-1-2-8-15(14)17)12-25-13-23-20-16-9-3-4-11-18(16)28-21(20)22(25)27/h1-4,6,8-9,11,13,17H,5,7,10,12H2,(H,24,26). The van der Waals surface area contributed by atoms with Gasteiger partial charge < -0.3 is 9.73 Å². The normalized spacial score (nSPS) is 16.2. The van der Waals surface area contributed by atoms with Crippen molar-refractivity contribution in [3.05, 3.63) is 76.3 Å². The summed E-state index contributed by atoms with van der Waals surface area (Å²) in [4.78, 5) is 29.8. The lowest BCUT2D eigenvalue weighted by atomic mass is 9.88. The Bertz CT molecular complexity index is 1250. The van der Waals surface area contributed by atoms with Gasteiger partial charge in [0.05, 0.1) is 12.4 Å². The minimum Gasteiger partial charge on any atom is -0.448 e. The van der Waals surface area contributed by atoms with Crippen molar-refractivity contribution in [1.82, 2.24) is 14.9 Å². The topological polar surface area (TPSA) is 77.1 Å². The van der Waals surface area contributed by atoms with Gasteiger partial charge in [-0.25, -0.2) is 4.98 Å². The zero-order valence-corrected chi connectivity index (χ0v) is 15.2. The molecule has 1 aliphatic rings. The van der Waals surface area contributed by atoms with Crippen LogP contribution >= 0.6 is 0 Å². The number of amides is 1. The van der Waals surface area contributed by atoms with Gasteiger partial charge in [0.1, 0.15) is 17.6 Å². The molecule has 4 aromatic rings. The Labute approximate surface area is 160 Å². The van der Waals surface area contributed by atoms with Crippen LogP contribution in [0.3, 0.4) is 0 Å². The fourth-order valence-electron chi connectivity index (χ4n) is 4.03. The molecule has 0 fully saturated rings. The first-order valence-corrected chi connectivity index (χ1v) is 9.44. The maximum absolute atomic E-state index is 12.8. The lowest BCUT2D eigenvalue weighted by molar-refractivity contribution is -0.122. The molecule has 2 aromatic carbocycles. The highest BCUT2D eigenvalue weighted by Gasteiger charge is 2.22. The second kappa shape index (κ2) is 6.64. The fraction of sp³-hybridized carbons (Fsp3) is 0.227. The summed E-state index contributed by atoms with van der Waals surface area (Å²) in [7, 11) is 0. The first-order valence-electron chi connectivity index (χ1n) is 9.44. The molecule has 0 saturated heterocycles. The number of benzene rings is 2. The number of aromatic nitrogens is 2. The van der Waals surface area contributed by atoms with Crippen LogP contribution in [-0.2, 0) is 17.8 Å². The van der Waals surface area contributed by atoms with Gasteiger partial charge >= 0.3 is 0 Å². The van der Waals surface area contributed by atoms with E-state index in [4.69, 9.17) is 4.42 Å². The Balaban J connectivity index is 1.41. The summed E-state index contributed by atoms with van der Waals surface area (Å²) in [5, 5.41) is 3.86. The SMILES string of the molecule is O=C(Cn1cnc2c(oc3ccccc32)c1=O)NC1CCCc2ccccc21. The van der Waals surface area contributed by atoms with Crippen molar-refractivity contribution in [3.63, 3.8) is 0 Å². The van der Waals surface area contributed by atoms with Crippen molar-refractivity contribution in [3.8, 4) is 0 Å². The number of hydrogen-bond donors (Lipinski definition) is 1. The van der Waals surface area contributed by atoms with Crippen molar-refractivity contribution < 1.29 is 9.21 Å². The van der Waals surface area contributed by atoms with Gasteiger partial charge in [-0.1, -0.05) is 36.4 Å². The van der Waals surface area contributed by atoms with E-state index in [-0.39, 0.29) is 29.6 Å². The van der Waals surface area contributed by atoms with Crippen molar-refractivity contribution in [2.24, 2.45) is 0 Å². The Morgan fingerprint density at radius 3 is 2.93 bits per heavy atom. The van der Waals surface area contributed by atoms with Gasteiger partial charge in [-0.15, -0.1) is 0 Å². The third kappa shape index (κ3) is 2.78. The fourth-order valence-corrected chi connectivity index (χ4v) is 4.03. The minimum atomic E-state index is -0.347. The Morgan fingerprint density at radius 1 is 1.18 bits per heavy atom. The summed E-state index contributed by atoms with van der Waals surface area (Å²) >= 11 is 0. The maximum atomic E-state index is 12.8. The Morgan fingerprint density at radius 2 is 2.00 bits per heavy atom. The molecule has 5 rings (SSSR count). The molecule has 6 nitrogen and oxygen atoms in total. The molecule has 0 aliphatic heterocycles. The van der Waals surface area contributed by atoms with Gasteiger partial charge in [0.2, 0.25) is 11.5 Å². The molecule has 1 atom stereocenters. The number of nitrogens with zero attached hydrogens (tertiary/aromatic N) is 2. The lowest BCUT2D eigenvalue weighted by Gasteiger charge is -2.26. The summed E-state index contributed by atoms with van der Waals surface area (Å²) in [6, 6.07) is 15.6. The van der Waals surface area contributed by atoms with E-state index in [0.717, 1.165) is 24.6 Å². The molecule has 140 valence electrons. The molecule has 0 spiro atoms. The summed E-state index contributed by atoms with van der Waals surface area (Å²) in [6.45, 7) is -0.0858. The minimum absolute atomic E-state index is 0.0176. The zero-order valence-electron chi connectivity index (χ0n) is 15.2. The van der Waals surface area contributed by atoms with Crippen LogP contribution in [0.4, 0.5) is 0 Å². The van der Waals surface area contributed by atoms with Crippen molar-refractivity contribution in [2.45, 2.75) is 31.8 Å². The van der Waals surface area contributed by atoms with Crippen LogP contribution in [-0.4, -0.2) is 15.5 Å². The number of nitrogens with one attached hydrogen (secondary N) is 1. The van der Waals surface area contributed by atoms with E-state index in [1.54, 1.807) is 6.07 Å². The number of furan rings is 1. The molecule has 28 heavy (non-hydrogen) atoms. The number of para-hydroxylation sites is 1. The van der Waals surface area contributed by atoms with Crippen LogP contribution in [0.2, 0.25) is 0 Å². The van der Waals surface area contributed by atoms with Crippen LogP contribution in [0, 0.1) is 0 Å². The van der Waals surface area contributed by atoms with Gasteiger partial charge in [-0.2, -0.15) is 0 Å². The van der Waals surface area contributed by atoms with E-state index in [0.29, 0.717) is 11.1 Å². The summed E-state index contributed by atoms with van der Waals surface area (Å²) in [5.41, 5.74) is 3.42. The van der Waals surface area contributed by atoms with Crippen molar-refractivity contribution in [2.75, 3.05) is 0 Å². The van der Waals surface area contributed by atoms with Gasteiger partial charge in [0.25, 0.3) is 5.56 Å². The van der Waals surface area contributed by atoms with Crippen LogP contribution < -0.4 is 10.9 Å². The van der Waals surface area contributed by atoms with Crippen LogP contribution in [0.1, 0.15) is 30.0 Å². The molecule has 1 aliphatic carbocycles. The zero-order chi connectivity index (χ0) is 19.1. The average molecular weight is 373 g/mol. The summed E-state index contributed by atoms with van der Waals surface area (Å²) in [6.07, 6.45) is 4.39. The number of carbonyl (C=O) groups excluding carboxylic acids is 1. The predicted molar refractivity (Wildman–Crippen MR) is 106 cm³/mol. The molecule has 0 radical (unpaired) electrons. The maximum Gasteiger partial charge on any atom is 0.297 e. The predicted octanol–water partition coefficient (Wildman–Crippen LogP) is 3.34. The number of carbonyl (C=O) groups is 1. The monoisotopic (exact) mass is 373 g/mol. The Hall–Kier alpha value is -3.41. The first-order chi connectivity index (χ1) is 13.7. The van der Waals surface area contributed by atoms with Crippen molar-refractivity contribution >= 4 is 28.0 Å². The van der Waals surface area contributed by atoms with E-state index in [9.17, 15) is 9.59 Å². The third-order valence-corrected chi connectivity index (χ3v) is 5.37. The number of hydrogen-bond acceptors (Lipinski definition) is 4. The molecule has 6 heteroatoms. The molecular weight excluding hydrogens is 354 g/mol. The summed E-state index contributed by atoms with van der Waals surface area (Å²) in [5.74, 6) is -0.207. The van der Waals surface area contributed by atoms with E-state index < -0.39 is 0 Å². The highest BCUT2D eigenvalue weighted by atomic mass is 16.3. The highest BCUT2D eigenvalue weighted by Crippen LogP contribution is 2.29. The van der Waals surface area contributed by atoms with Crippen LogP contribution in [0.5, 0.6) is 0 Å². The van der Waals surface area contributed by atoms with E-state index in [1.807, 2.05) is 30.3 Å². The number of fused-ring (bicyclic) bond motifs is 4. The number of rotatable bonds is 3. The van der Waals surface area contributed by atoms with E-state index in [1.165, 1.54) is 22.0 Å². The van der Waals surface area contributed by atoms with Crippen molar-refractivity contribution in [1.29, 1.82) is 0 Å². The van der Waals surface area contributed by atoms with E-state index >= 15 is 0 Å². The molecule has 0 bridgehead atoms. The highest BCUT2D eigenvalue weighted by molar-refractivity contribution is 6.01. The molecule has 1 N–H and O–H groups in total. The largest absolute Gasteiger partial charge is 0.448 e. The lowest BCUT2D eigenvalue weighted by Crippen LogP contribution is -2.36. The molecule has 1 unspecified atom stereocenters. The molecule has 0 saturated carbocycles. The molecule has 2 heterocycles. The van der Waals surface area contributed by atoms with Gasteiger partial charge in [0, 0.05) is 5.39 Å². The molecule has 1 amide bonds. The molecular formula is C22H19N3O3. The second-order valence-corrected chi connectivity index (χ2v) is 7.16. The van der Waals surface area contributed by atoms with Crippen LogP contribution in [0.15, 0.2) is 64.1 Å². The first kappa shape index (κ1) is 16.7. The smallest absolute Gasteiger partial charge is 0.297 e. The van der Waals surface area contributed by atoms with E-state index in [2.05, 4.69) is 22.4 Å². The summed E-state index contributed by atoms with van der Waals surface area (Å²) < 4.78 is 6.97.